The quantitative estimate of drug-likeness (QED) is 0.908. The first-order chi connectivity index (χ1) is 8.90. The van der Waals surface area contributed by atoms with Gasteiger partial charge in [0.05, 0.1) is 5.69 Å². The van der Waals surface area contributed by atoms with Gasteiger partial charge in [0, 0.05) is 4.47 Å². The fourth-order valence-corrected chi connectivity index (χ4v) is 2.67. The van der Waals surface area contributed by atoms with Crippen LogP contribution in [0.25, 0.3) is 0 Å². The number of benzene rings is 1. The summed E-state index contributed by atoms with van der Waals surface area (Å²) in [5.41, 5.74) is -0.103. The van der Waals surface area contributed by atoms with E-state index in [4.69, 9.17) is 0 Å². The van der Waals surface area contributed by atoms with Crippen molar-refractivity contribution in [2.75, 3.05) is 4.90 Å². The van der Waals surface area contributed by atoms with Crippen molar-refractivity contribution in [1.82, 2.24) is 5.32 Å². The van der Waals surface area contributed by atoms with Crippen molar-refractivity contribution in [2.45, 2.75) is 38.8 Å². The van der Waals surface area contributed by atoms with Gasteiger partial charge < -0.3 is 5.32 Å². The Labute approximate surface area is 121 Å². The van der Waals surface area contributed by atoms with Crippen LogP contribution in [0.4, 0.5) is 5.69 Å². The summed E-state index contributed by atoms with van der Waals surface area (Å²) < 4.78 is 0.809. The van der Waals surface area contributed by atoms with Gasteiger partial charge in [-0.15, -0.1) is 0 Å². The Morgan fingerprint density at radius 2 is 2.00 bits per heavy atom. The third-order valence-electron chi connectivity index (χ3n) is 3.68. The van der Waals surface area contributed by atoms with E-state index in [2.05, 4.69) is 21.2 Å². The van der Waals surface area contributed by atoms with Crippen LogP contribution in [0.2, 0.25) is 0 Å². The molecule has 1 aromatic carbocycles. The van der Waals surface area contributed by atoms with Crippen molar-refractivity contribution in [2.24, 2.45) is 0 Å². The summed E-state index contributed by atoms with van der Waals surface area (Å²) >= 11 is 3.44. The molecule has 2 rings (SSSR count). The summed E-state index contributed by atoms with van der Waals surface area (Å²) in [6.07, 6.45) is 0.561. The third-order valence-corrected chi connectivity index (χ3v) is 4.35. The minimum absolute atomic E-state index is 0.0750. The van der Waals surface area contributed by atoms with Gasteiger partial charge in [-0.1, -0.05) is 19.1 Å². The van der Waals surface area contributed by atoms with Crippen molar-refractivity contribution in [1.29, 1.82) is 0 Å². The molecule has 0 bridgehead atoms. The largest absolute Gasteiger partial charge is 0.340 e. The normalized spacial score (nSPS) is 27.4. The van der Waals surface area contributed by atoms with Crippen molar-refractivity contribution in [3.05, 3.63) is 28.7 Å². The van der Waals surface area contributed by atoms with E-state index in [-0.39, 0.29) is 11.8 Å². The monoisotopic (exact) mass is 324 g/mol. The molecule has 102 valence electrons. The molecule has 19 heavy (non-hydrogen) atoms. The summed E-state index contributed by atoms with van der Waals surface area (Å²) in [7, 11) is 0. The highest BCUT2D eigenvalue weighted by Crippen LogP contribution is 2.32. The molecule has 2 amide bonds. The molecule has 1 fully saturated rings. The van der Waals surface area contributed by atoms with Gasteiger partial charge in [-0.25, -0.2) is 0 Å². The zero-order valence-corrected chi connectivity index (χ0v) is 12.8. The van der Waals surface area contributed by atoms with Crippen molar-refractivity contribution >= 4 is 33.4 Å². The molecule has 1 aromatic rings. The lowest BCUT2D eigenvalue weighted by atomic mass is 9.92. The van der Waals surface area contributed by atoms with Crippen LogP contribution < -0.4 is 10.2 Å². The summed E-state index contributed by atoms with van der Waals surface area (Å²) in [4.78, 5) is 26.3. The number of carbonyl (C=O) groups excluding carboxylic acids is 2. The fourth-order valence-electron chi connectivity index (χ4n) is 2.19. The molecule has 4 nitrogen and oxygen atoms in total. The summed E-state index contributed by atoms with van der Waals surface area (Å²) in [6, 6.07) is 6.94. The molecular formula is C14H17BrN2O2. The Hall–Kier alpha value is -1.36. The number of nitrogens with zero attached hydrogens (tertiary/aromatic N) is 1. The van der Waals surface area contributed by atoms with Gasteiger partial charge >= 0.3 is 0 Å². The van der Waals surface area contributed by atoms with E-state index >= 15 is 0 Å². The summed E-state index contributed by atoms with van der Waals surface area (Å²) in [5.74, 6) is -0.200. The van der Waals surface area contributed by atoms with Gasteiger partial charge in [-0.05, 0) is 48.3 Å². The van der Waals surface area contributed by atoms with Gasteiger partial charge in [0.15, 0.2) is 0 Å². The third kappa shape index (κ3) is 2.27. The first kappa shape index (κ1) is 14.1. The first-order valence-electron chi connectivity index (χ1n) is 6.31. The second-order valence-corrected chi connectivity index (χ2v) is 5.83. The fraction of sp³-hybridized carbons (Fsp3) is 0.429. The van der Waals surface area contributed by atoms with E-state index in [1.807, 2.05) is 31.2 Å². The maximum absolute atomic E-state index is 12.7. The standard InChI is InChI=1S/C14H17BrN2O2/c1-4-14(3)13(19)17(9(2)12(18)16-14)11-8-6-5-7-10(11)15/h5-9H,4H2,1-3H3,(H,16,18). The molecule has 0 saturated carbocycles. The van der Waals surface area contributed by atoms with Crippen LogP contribution in [0, 0.1) is 0 Å². The lowest BCUT2D eigenvalue weighted by Gasteiger charge is -2.43. The molecule has 0 aliphatic carbocycles. The number of halogens is 1. The second kappa shape index (κ2) is 4.96. The van der Waals surface area contributed by atoms with Crippen LogP contribution in [0.15, 0.2) is 28.7 Å². The molecule has 2 atom stereocenters. The number of nitrogens with one attached hydrogen (secondary N) is 1. The van der Waals surface area contributed by atoms with E-state index in [0.717, 1.165) is 10.2 Å². The zero-order valence-electron chi connectivity index (χ0n) is 11.2. The van der Waals surface area contributed by atoms with E-state index in [1.165, 1.54) is 0 Å². The lowest BCUT2D eigenvalue weighted by Crippen LogP contribution is -2.68. The number of piperazine rings is 1. The number of hydrogen-bond acceptors (Lipinski definition) is 2. The molecule has 5 heteroatoms. The van der Waals surface area contributed by atoms with Crippen LogP contribution in [-0.2, 0) is 9.59 Å². The highest BCUT2D eigenvalue weighted by atomic mass is 79.9. The van der Waals surface area contributed by atoms with Gasteiger partial charge in [0.2, 0.25) is 5.91 Å². The molecule has 1 saturated heterocycles. The maximum Gasteiger partial charge on any atom is 0.253 e. The van der Waals surface area contributed by atoms with E-state index in [9.17, 15) is 9.59 Å². The molecule has 1 aliphatic heterocycles. The Kier molecular flexibility index (Phi) is 3.67. The van der Waals surface area contributed by atoms with Gasteiger partial charge in [-0.2, -0.15) is 0 Å². The Morgan fingerprint density at radius 3 is 2.58 bits per heavy atom. The predicted octanol–water partition coefficient (Wildman–Crippen LogP) is 2.47. The number of amides is 2. The Balaban J connectivity index is 2.50. The van der Waals surface area contributed by atoms with Gasteiger partial charge in [-0.3, -0.25) is 14.5 Å². The lowest BCUT2D eigenvalue weighted by molar-refractivity contribution is -0.137. The second-order valence-electron chi connectivity index (χ2n) is 4.98. The van der Waals surface area contributed by atoms with Crippen LogP contribution in [0.5, 0.6) is 0 Å². The summed E-state index contributed by atoms with van der Waals surface area (Å²) in [6.45, 7) is 5.40. The van der Waals surface area contributed by atoms with Crippen molar-refractivity contribution in [3.8, 4) is 0 Å². The maximum atomic E-state index is 12.7. The van der Waals surface area contributed by atoms with E-state index in [0.29, 0.717) is 6.42 Å². The highest BCUT2D eigenvalue weighted by Gasteiger charge is 2.46. The molecule has 2 unspecified atom stereocenters. The van der Waals surface area contributed by atoms with Gasteiger partial charge in [0.1, 0.15) is 11.6 Å². The molecule has 0 spiro atoms. The zero-order chi connectivity index (χ0) is 14.2. The van der Waals surface area contributed by atoms with Crippen LogP contribution >= 0.6 is 15.9 Å². The number of rotatable bonds is 2. The Morgan fingerprint density at radius 1 is 1.37 bits per heavy atom. The Bertz CT molecular complexity index is 532. The SMILES string of the molecule is CCC1(C)NC(=O)C(C)N(c2ccccc2Br)C1=O. The topological polar surface area (TPSA) is 49.4 Å². The van der Waals surface area contributed by atoms with Crippen LogP contribution in [-0.4, -0.2) is 23.4 Å². The predicted molar refractivity (Wildman–Crippen MR) is 77.9 cm³/mol. The van der Waals surface area contributed by atoms with Gasteiger partial charge in [0.25, 0.3) is 5.91 Å². The molecule has 1 N–H and O–H groups in total. The van der Waals surface area contributed by atoms with Crippen molar-refractivity contribution < 1.29 is 9.59 Å². The molecule has 1 aliphatic rings. The number of hydrogen-bond donors (Lipinski definition) is 1. The number of para-hydroxylation sites is 1. The van der Waals surface area contributed by atoms with Crippen LogP contribution in [0.3, 0.4) is 0 Å². The molecule has 0 radical (unpaired) electrons. The average molecular weight is 325 g/mol. The average Bonchev–Trinajstić information content (AvgIpc) is 2.39. The molecule has 1 heterocycles. The van der Waals surface area contributed by atoms with Crippen LogP contribution in [0.1, 0.15) is 27.2 Å². The van der Waals surface area contributed by atoms with E-state index < -0.39 is 11.6 Å². The summed E-state index contributed by atoms with van der Waals surface area (Å²) in [5, 5.41) is 2.82. The minimum Gasteiger partial charge on any atom is -0.340 e. The molecular weight excluding hydrogens is 308 g/mol. The smallest absolute Gasteiger partial charge is 0.253 e. The highest BCUT2D eigenvalue weighted by molar-refractivity contribution is 9.10. The molecule has 0 aromatic heterocycles. The minimum atomic E-state index is -0.834. The number of anilines is 1. The van der Waals surface area contributed by atoms with E-state index in [1.54, 1.807) is 18.7 Å². The first-order valence-corrected chi connectivity index (χ1v) is 7.10. The van der Waals surface area contributed by atoms with Crippen molar-refractivity contribution in [3.63, 3.8) is 0 Å². The number of carbonyl (C=O) groups is 2.